The zero-order valence-corrected chi connectivity index (χ0v) is 12.1. The molecular formula is C17H18N2O. The van der Waals surface area contributed by atoms with Crippen molar-refractivity contribution in [2.45, 2.75) is 20.4 Å². The maximum atomic E-state index is 5.14. The fourth-order valence-corrected chi connectivity index (χ4v) is 2.53. The molecule has 1 aromatic carbocycles. The third kappa shape index (κ3) is 2.27. The number of rotatable bonds is 3. The molecule has 20 heavy (non-hydrogen) atoms. The number of ether oxygens (including phenoxy) is 1. The topological polar surface area (TPSA) is 27.1 Å². The van der Waals surface area contributed by atoms with E-state index in [0.29, 0.717) is 0 Å². The minimum absolute atomic E-state index is 0.780. The van der Waals surface area contributed by atoms with E-state index in [2.05, 4.69) is 47.7 Å². The molecule has 3 heteroatoms. The van der Waals surface area contributed by atoms with Gasteiger partial charge >= 0.3 is 0 Å². The van der Waals surface area contributed by atoms with Gasteiger partial charge in [-0.1, -0.05) is 11.6 Å². The van der Waals surface area contributed by atoms with Crippen molar-refractivity contribution in [2.24, 2.45) is 0 Å². The molecule has 0 amide bonds. The lowest BCUT2D eigenvalue weighted by atomic mass is 10.2. The smallest absolute Gasteiger partial charge is 0.137 e. The van der Waals surface area contributed by atoms with Gasteiger partial charge in [-0.3, -0.25) is 4.98 Å². The second-order valence-corrected chi connectivity index (χ2v) is 5.12. The van der Waals surface area contributed by atoms with Gasteiger partial charge in [0.05, 0.1) is 25.5 Å². The van der Waals surface area contributed by atoms with Gasteiger partial charge in [0.15, 0.2) is 0 Å². The Morgan fingerprint density at radius 1 is 1.10 bits per heavy atom. The first-order valence-electron chi connectivity index (χ1n) is 6.73. The first-order valence-corrected chi connectivity index (χ1v) is 6.73. The molecule has 0 spiro atoms. The Labute approximate surface area is 118 Å². The highest BCUT2D eigenvalue weighted by Crippen LogP contribution is 2.22. The van der Waals surface area contributed by atoms with Crippen molar-refractivity contribution >= 4 is 10.9 Å². The van der Waals surface area contributed by atoms with E-state index in [1.165, 1.54) is 22.2 Å². The Balaban J connectivity index is 1.99. The molecule has 0 saturated heterocycles. The van der Waals surface area contributed by atoms with E-state index < -0.39 is 0 Å². The molecule has 3 rings (SSSR count). The number of methoxy groups -OCH3 is 1. The summed E-state index contributed by atoms with van der Waals surface area (Å²) >= 11 is 0. The van der Waals surface area contributed by atoms with E-state index in [4.69, 9.17) is 4.74 Å². The van der Waals surface area contributed by atoms with E-state index in [9.17, 15) is 0 Å². The average molecular weight is 266 g/mol. The Morgan fingerprint density at radius 2 is 1.95 bits per heavy atom. The summed E-state index contributed by atoms with van der Waals surface area (Å²) in [4.78, 5) is 4.44. The molecule has 0 aliphatic carbocycles. The van der Waals surface area contributed by atoms with Crippen LogP contribution >= 0.6 is 0 Å². The van der Waals surface area contributed by atoms with Crippen LogP contribution in [0.25, 0.3) is 10.9 Å². The van der Waals surface area contributed by atoms with Crippen molar-refractivity contribution < 1.29 is 4.74 Å². The lowest BCUT2D eigenvalue weighted by Gasteiger charge is -2.08. The van der Waals surface area contributed by atoms with Crippen molar-refractivity contribution in [3.05, 3.63) is 59.5 Å². The van der Waals surface area contributed by atoms with Crippen LogP contribution in [0.1, 0.15) is 17.0 Å². The molecule has 0 aliphatic rings. The molecule has 0 unspecified atom stereocenters. The molecule has 0 bridgehead atoms. The predicted molar refractivity (Wildman–Crippen MR) is 81.3 cm³/mol. The van der Waals surface area contributed by atoms with E-state index in [1.54, 1.807) is 13.3 Å². The van der Waals surface area contributed by atoms with Crippen molar-refractivity contribution in [2.75, 3.05) is 7.11 Å². The minimum atomic E-state index is 0.780. The highest BCUT2D eigenvalue weighted by atomic mass is 16.5. The molecule has 3 nitrogen and oxygen atoms in total. The molecule has 102 valence electrons. The maximum Gasteiger partial charge on any atom is 0.137 e. The number of benzene rings is 1. The van der Waals surface area contributed by atoms with Crippen LogP contribution in [0.2, 0.25) is 0 Å². The summed E-state index contributed by atoms with van der Waals surface area (Å²) < 4.78 is 7.44. The Hall–Kier alpha value is -2.29. The third-order valence-electron chi connectivity index (χ3n) is 3.62. The molecule has 3 aromatic rings. The van der Waals surface area contributed by atoms with Crippen molar-refractivity contribution in [1.29, 1.82) is 0 Å². The van der Waals surface area contributed by atoms with Crippen LogP contribution < -0.4 is 4.74 Å². The number of aromatic nitrogens is 2. The Bertz CT molecular complexity index is 742. The quantitative estimate of drug-likeness (QED) is 0.722. The molecule has 0 saturated carbocycles. The number of fused-ring (bicyclic) bond motifs is 1. The van der Waals surface area contributed by atoms with Crippen molar-refractivity contribution in [3.63, 3.8) is 0 Å². The van der Waals surface area contributed by atoms with Gasteiger partial charge in [0.2, 0.25) is 0 Å². The normalized spacial score (nSPS) is 10.9. The van der Waals surface area contributed by atoms with Gasteiger partial charge in [-0.05, 0) is 44.2 Å². The Kier molecular flexibility index (Phi) is 3.18. The van der Waals surface area contributed by atoms with Gasteiger partial charge in [0.1, 0.15) is 5.75 Å². The lowest BCUT2D eigenvalue weighted by molar-refractivity contribution is 0.412. The molecule has 2 heterocycles. The molecule has 2 aromatic heterocycles. The largest absolute Gasteiger partial charge is 0.495 e. The van der Waals surface area contributed by atoms with Gasteiger partial charge in [-0.2, -0.15) is 0 Å². The van der Waals surface area contributed by atoms with E-state index >= 15 is 0 Å². The number of hydrogen-bond donors (Lipinski definition) is 0. The van der Waals surface area contributed by atoms with Crippen molar-refractivity contribution in [1.82, 2.24) is 9.55 Å². The zero-order chi connectivity index (χ0) is 14.1. The highest BCUT2D eigenvalue weighted by Gasteiger charge is 2.07. The van der Waals surface area contributed by atoms with Crippen LogP contribution in [0.4, 0.5) is 0 Å². The summed E-state index contributed by atoms with van der Waals surface area (Å²) in [7, 11) is 1.66. The third-order valence-corrected chi connectivity index (χ3v) is 3.62. The fourth-order valence-electron chi connectivity index (χ4n) is 2.53. The van der Waals surface area contributed by atoms with E-state index in [1.807, 2.05) is 12.1 Å². The summed E-state index contributed by atoms with van der Waals surface area (Å²) in [5.41, 5.74) is 4.83. The van der Waals surface area contributed by atoms with Gasteiger partial charge in [0.25, 0.3) is 0 Å². The average Bonchev–Trinajstić information content (AvgIpc) is 2.75. The summed E-state index contributed by atoms with van der Waals surface area (Å²) in [6.07, 6.45) is 1.76. The maximum absolute atomic E-state index is 5.14. The first-order chi connectivity index (χ1) is 9.67. The van der Waals surface area contributed by atoms with Gasteiger partial charge < -0.3 is 9.30 Å². The molecular weight excluding hydrogens is 248 g/mol. The highest BCUT2D eigenvalue weighted by molar-refractivity contribution is 5.82. The second kappa shape index (κ2) is 5.00. The number of nitrogens with zero attached hydrogens (tertiary/aromatic N) is 2. The van der Waals surface area contributed by atoms with Crippen LogP contribution in [-0.4, -0.2) is 16.7 Å². The second-order valence-electron chi connectivity index (χ2n) is 5.12. The summed E-state index contributed by atoms with van der Waals surface area (Å²) in [5, 5.41) is 1.29. The fraction of sp³-hybridized carbons (Fsp3) is 0.235. The van der Waals surface area contributed by atoms with Gasteiger partial charge in [0, 0.05) is 16.6 Å². The standard InChI is InChI=1S/C17H18N2O/c1-12-4-7-17-14(8-12)9-13(2)19(17)11-15-5-6-16(20-3)10-18-15/h4-10H,11H2,1-3H3. The minimum Gasteiger partial charge on any atom is -0.495 e. The van der Waals surface area contributed by atoms with Crippen molar-refractivity contribution in [3.8, 4) is 5.75 Å². The SMILES string of the molecule is COc1ccc(Cn2c(C)cc3cc(C)ccc32)nc1. The van der Waals surface area contributed by atoms with E-state index in [-0.39, 0.29) is 0 Å². The number of pyridine rings is 1. The van der Waals surface area contributed by atoms with Gasteiger partial charge in [-0.25, -0.2) is 0 Å². The van der Waals surface area contributed by atoms with Crippen LogP contribution in [0, 0.1) is 13.8 Å². The lowest BCUT2D eigenvalue weighted by Crippen LogP contribution is -2.03. The van der Waals surface area contributed by atoms with Gasteiger partial charge in [-0.15, -0.1) is 0 Å². The van der Waals surface area contributed by atoms with Crippen LogP contribution in [0.15, 0.2) is 42.6 Å². The zero-order valence-electron chi connectivity index (χ0n) is 12.1. The van der Waals surface area contributed by atoms with Crippen LogP contribution in [0.3, 0.4) is 0 Å². The molecule has 0 aliphatic heterocycles. The monoisotopic (exact) mass is 266 g/mol. The first kappa shape index (κ1) is 12.7. The van der Waals surface area contributed by atoms with Crippen LogP contribution in [-0.2, 0) is 6.54 Å². The van der Waals surface area contributed by atoms with E-state index in [0.717, 1.165) is 18.0 Å². The Morgan fingerprint density at radius 3 is 2.65 bits per heavy atom. The van der Waals surface area contributed by atoms with Crippen LogP contribution in [0.5, 0.6) is 5.75 Å². The molecule has 0 fully saturated rings. The molecule has 0 atom stereocenters. The summed E-state index contributed by atoms with van der Waals surface area (Å²) in [6, 6.07) is 12.7. The summed E-state index contributed by atoms with van der Waals surface area (Å²) in [5.74, 6) is 0.790. The predicted octanol–water partition coefficient (Wildman–Crippen LogP) is 3.71. The number of aryl methyl sites for hydroxylation is 2. The number of hydrogen-bond acceptors (Lipinski definition) is 2. The molecule has 0 radical (unpaired) electrons. The summed E-state index contributed by atoms with van der Waals surface area (Å²) in [6.45, 7) is 5.04. The molecule has 0 N–H and O–H groups in total.